The first kappa shape index (κ1) is 17.5. The summed E-state index contributed by atoms with van der Waals surface area (Å²) in [6, 6.07) is 7.29. The van der Waals surface area contributed by atoms with Crippen molar-refractivity contribution >= 4 is 34.5 Å². The van der Waals surface area contributed by atoms with Crippen LogP contribution in [0.3, 0.4) is 0 Å². The molecule has 2 N–H and O–H groups in total. The number of hydrogen-bond acceptors (Lipinski definition) is 5. The van der Waals surface area contributed by atoms with E-state index in [1.807, 2.05) is 19.1 Å². The zero-order valence-electron chi connectivity index (χ0n) is 12.9. The van der Waals surface area contributed by atoms with E-state index in [1.54, 1.807) is 12.1 Å². The van der Waals surface area contributed by atoms with Crippen LogP contribution in [0, 0.1) is 0 Å². The smallest absolute Gasteiger partial charge is 0.293 e. The molecule has 2 rings (SSSR count). The summed E-state index contributed by atoms with van der Waals surface area (Å²) in [5.41, 5.74) is 1.52. The zero-order chi connectivity index (χ0) is 16.8. The van der Waals surface area contributed by atoms with Gasteiger partial charge in [0.2, 0.25) is 11.8 Å². The second-order valence-corrected chi connectivity index (χ2v) is 6.31. The second kappa shape index (κ2) is 8.12. The highest BCUT2D eigenvalue weighted by Crippen LogP contribution is 2.35. The summed E-state index contributed by atoms with van der Waals surface area (Å²) in [6.45, 7) is 2.32. The molecule has 1 saturated heterocycles. The van der Waals surface area contributed by atoms with Gasteiger partial charge in [0.05, 0.1) is 5.69 Å². The minimum atomic E-state index is -0.693. The molecule has 7 heteroatoms. The van der Waals surface area contributed by atoms with Crippen LogP contribution in [-0.2, 0) is 16.0 Å². The molecule has 1 aliphatic rings. The van der Waals surface area contributed by atoms with Crippen LogP contribution in [0.5, 0.6) is 0 Å². The molecule has 0 bridgehead atoms. The molecule has 23 heavy (non-hydrogen) atoms. The van der Waals surface area contributed by atoms with Crippen molar-refractivity contribution in [1.29, 1.82) is 0 Å². The number of amides is 3. The van der Waals surface area contributed by atoms with Gasteiger partial charge in [-0.1, -0.05) is 25.1 Å². The lowest BCUT2D eigenvalue weighted by molar-refractivity contribution is -0.124. The number of benzene rings is 1. The Morgan fingerprint density at radius 2 is 2.09 bits per heavy atom. The van der Waals surface area contributed by atoms with Crippen molar-refractivity contribution in [3.05, 3.63) is 29.8 Å². The molecule has 1 aliphatic heterocycles. The van der Waals surface area contributed by atoms with Crippen molar-refractivity contribution in [1.82, 2.24) is 5.32 Å². The van der Waals surface area contributed by atoms with Gasteiger partial charge in [0.1, 0.15) is 5.25 Å². The number of aryl methyl sites for hydroxylation is 1. The van der Waals surface area contributed by atoms with E-state index in [1.165, 1.54) is 4.90 Å². The average Bonchev–Trinajstić information content (AvgIpc) is 2.81. The number of anilines is 1. The van der Waals surface area contributed by atoms with Crippen LogP contribution in [0.1, 0.15) is 25.3 Å². The third-order valence-corrected chi connectivity index (χ3v) is 4.60. The van der Waals surface area contributed by atoms with E-state index in [-0.39, 0.29) is 30.1 Å². The predicted molar refractivity (Wildman–Crippen MR) is 89.4 cm³/mol. The normalized spacial score (nSPS) is 17.7. The molecule has 1 atom stereocenters. The van der Waals surface area contributed by atoms with Crippen molar-refractivity contribution < 1.29 is 19.5 Å². The highest BCUT2D eigenvalue weighted by Gasteiger charge is 2.42. The van der Waals surface area contributed by atoms with E-state index >= 15 is 0 Å². The molecule has 1 aromatic carbocycles. The van der Waals surface area contributed by atoms with Crippen molar-refractivity contribution in [3.8, 4) is 0 Å². The highest BCUT2D eigenvalue weighted by molar-refractivity contribution is 8.15. The highest BCUT2D eigenvalue weighted by atomic mass is 32.2. The number of para-hydroxylation sites is 1. The van der Waals surface area contributed by atoms with E-state index in [4.69, 9.17) is 5.11 Å². The SMILES string of the molecule is CCc1ccccc1N1C(=O)SC(CC(=O)NCCCO)C1=O. The number of carbonyl (C=O) groups is 3. The maximum atomic E-state index is 12.5. The van der Waals surface area contributed by atoms with Crippen LogP contribution in [0.2, 0.25) is 0 Å². The maximum absolute atomic E-state index is 12.5. The molecule has 0 aliphatic carbocycles. The van der Waals surface area contributed by atoms with Crippen LogP contribution >= 0.6 is 11.8 Å². The first-order chi connectivity index (χ1) is 11.1. The Labute approximate surface area is 139 Å². The molecule has 1 heterocycles. The summed E-state index contributed by atoms with van der Waals surface area (Å²) in [7, 11) is 0. The van der Waals surface area contributed by atoms with Gasteiger partial charge in [0.25, 0.3) is 5.24 Å². The molecular weight excluding hydrogens is 316 g/mol. The Balaban J connectivity index is 2.07. The number of aliphatic hydroxyl groups excluding tert-OH is 1. The Bertz CT molecular complexity index is 605. The van der Waals surface area contributed by atoms with Gasteiger partial charge in [-0.15, -0.1) is 0 Å². The minimum absolute atomic E-state index is 0.00253. The van der Waals surface area contributed by atoms with Gasteiger partial charge in [-0.3, -0.25) is 14.4 Å². The number of imide groups is 1. The Morgan fingerprint density at radius 3 is 2.78 bits per heavy atom. The standard InChI is InChI=1S/C16H20N2O4S/c1-2-11-6-3-4-7-12(11)18-15(21)13(23-16(18)22)10-14(20)17-8-5-9-19/h3-4,6-7,13,19H,2,5,8-10H2,1H3,(H,17,20). The molecule has 124 valence electrons. The Morgan fingerprint density at radius 1 is 1.35 bits per heavy atom. The average molecular weight is 336 g/mol. The van der Waals surface area contributed by atoms with Crippen molar-refractivity contribution in [2.75, 3.05) is 18.1 Å². The van der Waals surface area contributed by atoms with Crippen LogP contribution < -0.4 is 10.2 Å². The summed E-state index contributed by atoms with van der Waals surface area (Å²) < 4.78 is 0. The molecule has 0 saturated carbocycles. The predicted octanol–water partition coefficient (Wildman–Crippen LogP) is 1.71. The first-order valence-electron chi connectivity index (χ1n) is 7.58. The van der Waals surface area contributed by atoms with E-state index in [9.17, 15) is 14.4 Å². The topological polar surface area (TPSA) is 86.7 Å². The minimum Gasteiger partial charge on any atom is -0.396 e. The zero-order valence-corrected chi connectivity index (χ0v) is 13.8. The van der Waals surface area contributed by atoms with Gasteiger partial charge in [-0.2, -0.15) is 0 Å². The Hall–Kier alpha value is -1.86. The molecule has 0 radical (unpaired) electrons. The molecule has 6 nitrogen and oxygen atoms in total. The van der Waals surface area contributed by atoms with Gasteiger partial charge < -0.3 is 10.4 Å². The van der Waals surface area contributed by atoms with Crippen LogP contribution in [0.4, 0.5) is 10.5 Å². The number of aliphatic hydroxyl groups is 1. The van der Waals surface area contributed by atoms with E-state index in [0.29, 0.717) is 25.1 Å². The molecule has 1 aromatic rings. The van der Waals surface area contributed by atoms with Crippen molar-refractivity contribution in [2.24, 2.45) is 0 Å². The quantitative estimate of drug-likeness (QED) is 0.740. The summed E-state index contributed by atoms with van der Waals surface area (Å²) in [5.74, 6) is -0.638. The number of carbonyl (C=O) groups excluding carboxylic acids is 3. The lowest BCUT2D eigenvalue weighted by Crippen LogP contribution is -2.35. The van der Waals surface area contributed by atoms with E-state index in [0.717, 1.165) is 17.3 Å². The molecular formula is C16H20N2O4S. The van der Waals surface area contributed by atoms with E-state index < -0.39 is 5.25 Å². The summed E-state index contributed by atoms with van der Waals surface area (Å²) in [4.78, 5) is 37.7. The lowest BCUT2D eigenvalue weighted by Gasteiger charge is -2.17. The fraction of sp³-hybridized carbons (Fsp3) is 0.438. The number of rotatable bonds is 7. The van der Waals surface area contributed by atoms with Crippen LogP contribution in [0.15, 0.2) is 24.3 Å². The lowest BCUT2D eigenvalue weighted by atomic mass is 10.1. The fourth-order valence-electron chi connectivity index (χ4n) is 2.38. The second-order valence-electron chi connectivity index (χ2n) is 5.16. The van der Waals surface area contributed by atoms with Gasteiger partial charge in [-0.05, 0) is 36.2 Å². The number of thioether (sulfide) groups is 1. The molecule has 0 aromatic heterocycles. The molecule has 1 unspecified atom stereocenters. The first-order valence-corrected chi connectivity index (χ1v) is 8.46. The van der Waals surface area contributed by atoms with Gasteiger partial charge in [0, 0.05) is 19.6 Å². The summed E-state index contributed by atoms with van der Waals surface area (Å²) in [6.07, 6.45) is 1.14. The number of nitrogens with zero attached hydrogens (tertiary/aromatic N) is 1. The third-order valence-electron chi connectivity index (χ3n) is 3.56. The van der Waals surface area contributed by atoms with Crippen LogP contribution in [-0.4, -0.2) is 40.6 Å². The number of hydrogen-bond donors (Lipinski definition) is 2. The van der Waals surface area contributed by atoms with Gasteiger partial charge >= 0.3 is 0 Å². The van der Waals surface area contributed by atoms with Crippen molar-refractivity contribution in [3.63, 3.8) is 0 Å². The number of nitrogens with one attached hydrogen (secondary N) is 1. The molecule has 3 amide bonds. The Kier molecular flexibility index (Phi) is 6.18. The molecule has 0 spiro atoms. The molecule has 1 fully saturated rings. The third kappa shape index (κ3) is 4.11. The summed E-state index contributed by atoms with van der Waals surface area (Å²) >= 11 is 0.891. The van der Waals surface area contributed by atoms with E-state index in [2.05, 4.69) is 5.32 Å². The largest absolute Gasteiger partial charge is 0.396 e. The van der Waals surface area contributed by atoms with Crippen molar-refractivity contribution in [2.45, 2.75) is 31.4 Å². The van der Waals surface area contributed by atoms with Crippen LogP contribution in [0.25, 0.3) is 0 Å². The fourth-order valence-corrected chi connectivity index (χ4v) is 3.36. The monoisotopic (exact) mass is 336 g/mol. The van der Waals surface area contributed by atoms with Gasteiger partial charge in [0.15, 0.2) is 0 Å². The van der Waals surface area contributed by atoms with Gasteiger partial charge in [-0.25, -0.2) is 4.90 Å². The summed E-state index contributed by atoms with van der Waals surface area (Å²) in [5, 5.41) is 10.3. The maximum Gasteiger partial charge on any atom is 0.293 e.